The van der Waals surface area contributed by atoms with Gasteiger partial charge < -0.3 is 20.3 Å². The van der Waals surface area contributed by atoms with Gasteiger partial charge in [-0.3, -0.25) is 14.9 Å². The maximum atomic E-state index is 11.8. The van der Waals surface area contributed by atoms with Crippen molar-refractivity contribution in [3.63, 3.8) is 0 Å². The maximum absolute atomic E-state index is 11.8. The van der Waals surface area contributed by atoms with Crippen molar-refractivity contribution in [1.29, 1.82) is 0 Å². The van der Waals surface area contributed by atoms with Crippen LogP contribution in [0.5, 0.6) is 5.75 Å². The standard InChI is InChI=1S/C14H18N2O6/c1-8(2)10(14(19)20)4-6-13(18)15-11-5-3-9(16(21)22)7-12(11)17/h3,5,7-8,10,17H,4,6H2,1-2H3,(H,15,18)(H,19,20)/p-1/t10-/m0/s1. The number of anilines is 1. The number of carboxylic acids is 1. The van der Waals surface area contributed by atoms with Crippen LogP contribution in [0.15, 0.2) is 18.2 Å². The Bertz CT molecular complexity index is 585. The molecule has 22 heavy (non-hydrogen) atoms. The molecule has 0 fully saturated rings. The zero-order valence-corrected chi connectivity index (χ0v) is 12.2. The second-order valence-electron chi connectivity index (χ2n) is 5.21. The van der Waals surface area contributed by atoms with Gasteiger partial charge in [-0.15, -0.1) is 0 Å². The topological polar surface area (TPSA) is 133 Å². The molecule has 0 aromatic heterocycles. The molecular weight excluding hydrogens is 292 g/mol. The highest BCUT2D eigenvalue weighted by Gasteiger charge is 2.17. The number of benzene rings is 1. The first kappa shape index (κ1) is 17.4. The minimum Gasteiger partial charge on any atom is -0.550 e. The number of carbonyl (C=O) groups excluding carboxylic acids is 2. The van der Waals surface area contributed by atoms with Crippen LogP contribution < -0.4 is 10.4 Å². The first-order valence-electron chi connectivity index (χ1n) is 6.70. The summed E-state index contributed by atoms with van der Waals surface area (Å²) in [5, 5.41) is 33.5. The van der Waals surface area contributed by atoms with E-state index >= 15 is 0 Å². The predicted octanol–water partition coefficient (Wildman–Crippen LogP) is 1.04. The Morgan fingerprint density at radius 1 is 1.36 bits per heavy atom. The van der Waals surface area contributed by atoms with Crippen molar-refractivity contribution in [2.75, 3.05) is 5.32 Å². The molecule has 0 spiro atoms. The smallest absolute Gasteiger partial charge is 0.273 e. The van der Waals surface area contributed by atoms with Crippen LogP contribution in [0.2, 0.25) is 0 Å². The average Bonchev–Trinajstić information content (AvgIpc) is 2.40. The number of carboxylic acid groups (broad SMARTS) is 1. The lowest BCUT2D eigenvalue weighted by molar-refractivity contribution is -0.384. The number of nitrogens with one attached hydrogen (secondary N) is 1. The summed E-state index contributed by atoms with van der Waals surface area (Å²) in [5.41, 5.74) is -0.266. The Balaban J connectivity index is 2.66. The van der Waals surface area contributed by atoms with E-state index in [1.54, 1.807) is 13.8 Å². The van der Waals surface area contributed by atoms with E-state index < -0.39 is 28.5 Å². The van der Waals surface area contributed by atoms with Gasteiger partial charge in [0.2, 0.25) is 5.91 Å². The Morgan fingerprint density at radius 2 is 2.00 bits per heavy atom. The number of aliphatic carboxylic acids is 1. The number of non-ortho nitro benzene ring substituents is 1. The highest BCUT2D eigenvalue weighted by Crippen LogP contribution is 2.28. The van der Waals surface area contributed by atoms with Crippen molar-refractivity contribution in [3.05, 3.63) is 28.3 Å². The molecule has 0 heterocycles. The molecule has 8 nitrogen and oxygen atoms in total. The number of nitro benzene ring substituents is 1. The molecule has 0 saturated carbocycles. The number of aromatic hydroxyl groups is 1. The third-order valence-corrected chi connectivity index (χ3v) is 3.26. The van der Waals surface area contributed by atoms with Gasteiger partial charge in [-0.1, -0.05) is 13.8 Å². The van der Waals surface area contributed by atoms with E-state index in [0.717, 1.165) is 12.1 Å². The summed E-state index contributed by atoms with van der Waals surface area (Å²) in [6.45, 7) is 3.45. The SMILES string of the molecule is CC(C)[C@H](CCC(=O)Nc1ccc([N+](=O)[O-])cc1O)C(=O)[O-]. The number of carbonyl (C=O) groups is 2. The molecule has 0 unspecified atom stereocenters. The van der Waals surface area contributed by atoms with Gasteiger partial charge in [0, 0.05) is 24.4 Å². The fourth-order valence-electron chi connectivity index (χ4n) is 1.96. The molecule has 1 atom stereocenters. The van der Waals surface area contributed by atoms with Crippen molar-refractivity contribution in [2.45, 2.75) is 26.7 Å². The van der Waals surface area contributed by atoms with Crippen molar-refractivity contribution in [1.82, 2.24) is 0 Å². The van der Waals surface area contributed by atoms with Gasteiger partial charge in [-0.05, 0) is 18.4 Å². The summed E-state index contributed by atoms with van der Waals surface area (Å²) >= 11 is 0. The van der Waals surface area contributed by atoms with Gasteiger partial charge in [-0.2, -0.15) is 0 Å². The molecule has 0 radical (unpaired) electrons. The summed E-state index contributed by atoms with van der Waals surface area (Å²) < 4.78 is 0. The van der Waals surface area contributed by atoms with E-state index in [-0.39, 0.29) is 30.1 Å². The third-order valence-electron chi connectivity index (χ3n) is 3.26. The number of phenols is 1. The van der Waals surface area contributed by atoms with Crippen LogP contribution in [-0.2, 0) is 9.59 Å². The Labute approximate surface area is 126 Å². The van der Waals surface area contributed by atoms with Crippen LogP contribution in [0.3, 0.4) is 0 Å². The van der Waals surface area contributed by atoms with Crippen molar-refractivity contribution >= 4 is 23.3 Å². The van der Waals surface area contributed by atoms with E-state index in [1.165, 1.54) is 6.07 Å². The second kappa shape index (κ2) is 7.39. The van der Waals surface area contributed by atoms with E-state index in [2.05, 4.69) is 5.32 Å². The summed E-state index contributed by atoms with van der Waals surface area (Å²) in [6.07, 6.45) is 0.0484. The Hall–Kier alpha value is -2.64. The van der Waals surface area contributed by atoms with E-state index in [1.807, 2.05) is 0 Å². The van der Waals surface area contributed by atoms with Gasteiger partial charge in [-0.25, -0.2) is 0 Å². The summed E-state index contributed by atoms with van der Waals surface area (Å²) in [4.78, 5) is 32.6. The van der Waals surface area contributed by atoms with E-state index in [9.17, 15) is 29.9 Å². The third kappa shape index (κ3) is 4.72. The van der Waals surface area contributed by atoms with Crippen molar-refractivity contribution < 1.29 is 24.7 Å². The van der Waals surface area contributed by atoms with Crippen LogP contribution in [-0.4, -0.2) is 21.9 Å². The van der Waals surface area contributed by atoms with Crippen LogP contribution >= 0.6 is 0 Å². The molecule has 1 rings (SSSR count). The lowest BCUT2D eigenvalue weighted by Gasteiger charge is -2.21. The zero-order chi connectivity index (χ0) is 16.9. The van der Waals surface area contributed by atoms with Crippen molar-refractivity contribution in [3.8, 4) is 5.75 Å². The van der Waals surface area contributed by atoms with E-state index in [4.69, 9.17) is 0 Å². The predicted molar refractivity (Wildman–Crippen MR) is 76.0 cm³/mol. The van der Waals surface area contributed by atoms with Gasteiger partial charge in [0.1, 0.15) is 5.75 Å². The first-order chi connectivity index (χ1) is 10.2. The largest absolute Gasteiger partial charge is 0.550 e. The fourth-order valence-corrected chi connectivity index (χ4v) is 1.96. The zero-order valence-electron chi connectivity index (χ0n) is 12.2. The molecule has 8 heteroatoms. The maximum Gasteiger partial charge on any atom is 0.273 e. The van der Waals surface area contributed by atoms with Crippen LogP contribution in [0.4, 0.5) is 11.4 Å². The minimum atomic E-state index is -1.21. The number of hydrogen-bond acceptors (Lipinski definition) is 6. The number of hydrogen-bond donors (Lipinski definition) is 2. The molecular formula is C14H17N2O6-. The Morgan fingerprint density at radius 3 is 2.45 bits per heavy atom. The molecule has 0 aliphatic heterocycles. The van der Waals surface area contributed by atoms with Crippen molar-refractivity contribution in [2.24, 2.45) is 11.8 Å². The molecule has 0 aliphatic rings. The second-order valence-corrected chi connectivity index (χ2v) is 5.21. The Kier molecular flexibility index (Phi) is 5.85. The van der Waals surface area contributed by atoms with Gasteiger partial charge >= 0.3 is 0 Å². The molecule has 0 aliphatic carbocycles. The summed E-state index contributed by atoms with van der Waals surface area (Å²) in [6, 6.07) is 3.28. The molecule has 0 saturated heterocycles. The summed E-state index contributed by atoms with van der Waals surface area (Å²) in [5.74, 6) is -3.03. The molecule has 2 N–H and O–H groups in total. The number of rotatable bonds is 7. The highest BCUT2D eigenvalue weighted by atomic mass is 16.6. The van der Waals surface area contributed by atoms with Gasteiger partial charge in [0.25, 0.3) is 5.69 Å². The number of nitrogens with zero attached hydrogens (tertiary/aromatic N) is 1. The van der Waals surface area contributed by atoms with Crippen LogP contribution in [0.1, 0.15) is 26.7 Å². The lowest BCUT2D eigenvalue weighted by Crippen LogP contribution is -2.35. The fraction of sp³-hybridized carbons (Fsp3) is 0.429. The lowest BCUT2D eigenvalue weighted by atomic mass is 9.91. The molecule has 1 aromatic rings. The normalized spacial score (nSPS) is 12.0. The molecule has 1 aromatic carbocycles. The number of amides is 1. The average molecular weight is 309 g/mol. The highest BCUT2D eigenvalue weighted by molar-refractivity contribution is 5.92. The minimum absolute atomic E-state index is 0.0325. The van der Waals surface area contributed by atoms with Crippen LogP contribution in [0.25, 0.3) is 0 Å². The first-order valence-corrected chi connectivity index (χ1v) is 6.70. The molecule has 1 amide bonds. The molecule has 0 bridgehead atoms. The monoisotopic (exact) mass is 309 g/mol. The van der Waals surface area contributed by atoms with Gasteiger partial charge in [0.15, 0.2) is 0 Å². The van der Waals surface area contributed by atoms with E-state index in [0.29, 0.717) is 0 Å². The number of nitro groups is 1. The quantitative estimate of drug-likeness (QED) is 0.439. The van der Waals surface area contributed by atoms with Gasteiger partial charge in [0.05, 0.1) is 16.7 Å². The summed E-state index contributed by atoms with van der Waals surface area (Å²) in [7, 11) is 0. The number of phenolic OH excluding ortho intramolecular Hbond substituents is 1. The van der Waals surface area contributed by atoms with Crippen LogP contribution in [0, 0.1) is 22.0 Å². The molecule has 120 valence electrons.